The Morgan fingerprint density at radius 1 is 1.20 bits per heavy atom. The van der Waals surface area contributed by atoms with Crippen molar-refractivity contribution >= 4 is 22.7 Å². The third-order valence-electron chi connectivity index (χ3n) is 5.35. The quantitative estimate of drug-likeness (QED) is 0.797. The first-order chi connectivity index (χ1) is 12.0. The number of nitrogens with zero attached hydrogens (tertiary/aromatic N) is 4. The van der Waals surface area contributed by atoms with E-state index in [0.717, 1.165) is 12.8 Å². The Hall–Kier alpha value is -2.70. The van der Waals surface area contributed by atoms with Crippen LogP contribution in [-0.2, 0) is 16.1 Å². The zero-order valence-corrected chi connectivity index (χ0v) is 14.1. The molecule has 3 fully saturated rings. The SMILES string of the molecule is CN1C(=O)[C@@H]2CC[C@H]1CN(C(=O)Cn1cnc3ccccc3c1=O)C2. The number of piperidine rings is 1. The summed E-state index contributed by atoms with van der Waals surface area (Å²) in [5.41, 5.74) is 0.404. The molecule has 0 aliphatic carbocycles. The predicted molar refractivity (Wildman–Crippen MR) is 91.9 cm³/mol. The molecule has 0 spiro atoms. The molecule has 3 saturated heterocycles. The lowest BCUT2D eigenvalue weighted by molar-refractivity contribution is -0.138. The zero-order chi connectivity index (χ0) is 17.6. The minimum Gasteiger partial charge on any atom is -0.341 e. The summed E-state index contributed by atoms with van der Waals surface area (Å²) in [6.45, 7) is 0.926. The Labute approximate surface area is 144 Å². The number of hydrogen-bond acceptors (Lipinski definition) is 4. The molecule has 0 radical (unpaired) electrons. The lowest BCUT2D eigenvalue weighted by Gasteiger charge is -2.32. The van der Waals surface area contributed by atoms with Gasteiger partial charge in [0.2, 0.25) is 11.8 Å². The van der Waals surface area contributed by atoms with Crippen molar-refractivity contribution in [3.63, 3.8) is 0 Å². The van der Waals surface area contributed by atoms with Crippen LogP contribution in [0.25, 0.3) is 10.9 Å². The van der Waals surface area contributed by atoms with Gasteiger partial charge in [0.15, 0.2) is 0 Å². The second-order valence-electron chi connectivity index (χ2n) is 6.87. The topological polar surface area (TPSA) is 75.5 Å². The molecule has 7 nitrogen and oxygen atoms in total. The molecule has 2 bridgehead atoms. The molecule has 0 saturated carbocycles. The van der Waals surface area contributed by atoms with Gasteiger partial charge in [-0.2, -0.15) is 0 Å². The number of amides is 2. The van der Waals surface area contributed by atoms with E-state index in [2.05, 4.69) is 4.98 Å². The highest BCUT2D eigenvalue weighted by Crippen LogP contribution is 2.28. The van der Waals surface area contributed by atoms with Crippen molar-refractivity contribution in [2.45, 2.75) is 25.4 Å². The van der Waals surface area contributed by atoms with E-state index >= 15 is 0 Å². The van der Waals surface area contributed by atoms with Crippen molar-refractivity contribution in [1.29, 1.82) is 0 Å². The Morgan fingerprint density at radius 3 is 2.84 bits per heavy atom. The lowest BCUT2D eigenvalue weighted by atomic mass is 9.95. The minimum absolute atomic E-state index is 0.0476. The second kappa shape index (κ2) is 5.98. The Balaban J connectivity index is 1.58. The van der Waals surface area contributed by atoms with E-state index in [1.54, 1.807) is 28.0 Å². The first-order valence-corrected chi connectivity index (χ1v) is 8.53. The molecule has 1 aromatic heterocycles. The highest BCUT2D eigenvalue weighted by molar-refractivity contribution is 5.83. The molecular weight excluding hydrogens is 320 g/mol. The van der Waals surface area contributed by atoms with Crippen molar-refractivity contribution in [3.8, 4) is 0 Å². The first-order valence-electron chi connectivity index (χ1n) is 8.53. The third-order valence-corrected chi connectivity index (χ3v) is 5.35. The van der Waals surface area contributed by atoms with Gasteiger partial charge >= 0.3 is 0 Å². The average molecular weight is 340 g/mol. The summed E-state index contributed by atoms with van der Waals surface area (Å²) in [4.78, 5) is 45.3. The van der Waals surface area contributed by atoms with Crippen LogP contribution in [0.15, 0.2) is 35.4 Å². The maximum atomic E-state index is 12.7. The highest BCUT2D eigenvalue weighted by Gasteiger charge is 2.40. The summed E-state index contributed by atoms with van der Waals surface area (Å²) in [6, 6.07) is 7.17. The molecule has 2 atom stereocenters. The summed E-state index contributed by atoms with van der Waals surface area (Å²) in [5.74, 6) is -0.144. The van der Waals surface area contributed by atoms with Gasteiger partial charge in [0, 0.05) is 26.2 Å². The Morgan fingerprint density at radius 2 is 2.00 bits per heavy atom. The van der Waals surface area contributed by atoms with Crippen LogP contribution in [0.2, 0.25) is 0 Å². The molecule has 2 amide bonds. The van der Waals surface area contributed by atoms with Gasteiger partial charge in [-0.15, -0.1) is 0 Å². The fraction of sp³-hybridized carbons (Fsp3) is 0.444. The van der Waals surface area contributed by atoms with Gasteiger partial charge in [0.1, 0.15) is 6.54 Å². The second-order valence-corrected chi connectivity index (χ2v) is 6.87. The van der Waals surface area contributed by atoms with Gasteiger partial charge in [0.05, 0.1) is 23.1 Å². The van der Waals surface area contributed by atoms with Crippen LogP contribution in [0, 0.1) is 5.92 Å². The van der Waals surface area contributed by atoms with E-state index in [1.807, 2.05) is 13.1 Å². The summed E-state index contributed by atoms with van der Waals surface area (Å²) in [5, 5.41) is 0.503. The van der Waals surface area contributed by atoms with Crippen LogP contribution in [-0.4, -0.2) is 57.3 Å². The number of carbonyl (C=O) groups is 2. The van der Waals surface area contributed by atoms with Crippen LogP contribution in [0.5, 0.6) is 0 Å². The average Bonchev–Trinajstić information content (AvgIpc) is 2.91. The van der Waals surface area contributed by atoms with Crippen LogP contribution in [0.1, 0.15) is 12.8 Å². The maximum Gasteiger partial charge on any atom is 0.261 e. The Kier molecular flexibility index (Phi) is 3.78. The monoisotopic (exact) mass is 340 g/mol. The number of rotatable bonds is 2. The molecule has 130 valence electrons. The van der Waals surface area contributed by atoms with Crippen molar-refractivity contribution in [2.75, 3.05) is 20.1 Å². The number of para-hydroxylation sites is 1. The number of fused-ring (bicyclic) bond motifs is 5. The molecule has 1 aromatic carbocycles. The molecule has 7 heteroatoms. The number of carbonyl (C=O) groups excluding carboxylic acids is 2. The standard InChI is InChI=1S/C18H20N4O3/c1-20-13-7-6-12(17(20)24)8-21(9-13)16(23)10-22-11-19-15-5-3-2-4-14(15)18(22)25/h2-5,11-13H,6-10H2,1H3/t12-,13+/m1/s1. The van der Waals surface area contributed by atoms with E-state index in [-0.39, 0.29) is 35.9 Å². The number of likely N-dealkylation sites (N-methyl/N-ethyl adjacent to an activating group) is 1. The molecule has 4 heterocycles. The zero-order valence-electron chi connectivity index (χ0n) is 14.1. The van der Waals surface area contributed by atoms with Crippen molar-refractivity contribution in [2.24, 2.45) is 5.92 Å². The molecule has 2 aromatic rings. The van der Waals surface area contributed by atoms with E-state index in [1.165, 1.54) is 10.9 Å². The van der Waals surface area contributed by atoms with E-state index in [0.29, 0.717) is 24.0 Å². The van der Waals surface area contributed by atoms with Crippen LogP contribution in [0.4, 0.5) is 0 Å². The van der Waals surface area contributed by atoms with Crippen molar-refractivity contribution in [3.05, 3.63) is 40.9 Å². The summed E-state index contributed by atoms with van der Waals surface area (Å²) in [7, 11) is 1.81. The maximum absolute atomic E-state index is 12.7. The van der Waals surface area contributed by atoms with Gasteiger partial charge in [-0.1, -0.05) is 12.1 Å². The minimum atomic E-state index is -0.218. The summed E-state index contributed by atoms with van der Waals surface area (Å²) >= 11 is 0. The first kappa shape index (κ1) is 15.8. The third kappa shape index (κ3) is 2.69. The molecule has 3 aliphatic heterocycles. The largest absolute Gasteiger partial charge is 0.341 e. The van der Waals surface area contributed by atoms with E-state index < -0.39 is 0 Å². The van der Waals surface area contributed by atoms with Crippen LogP contribution >= 0.6 is 0 Å². The van der Waals surface area contributed by atoms with Gasteiger partial charge in [0.25, 0.3) is 5.56 Å². The van der Waals surface area contributed by atoms with Crippen molar-refractivity contribution < 1.29 is 9.59 Å². The molecule has 3 aliphatic rings. The van der Waals surface area contributed by atoms with Gasteiger partial charge < -0.3 is 9.80 Å². The van der Waals surface area contributed by atoms with Crippen molar-refractivity contribution in [1.82, 2.24) is 19.4 Å². The fourth-order valence-electron chi connectivity index (χ4n) is 3.82. The highest BCUT2D eigenvalue weighted by atomic mass is 16.2. The van der Waals surface area contributed by atoms with Gasteiger partial charge in [-0.05, 0) is 25.0 Å². The molecule has 5 rings (SSSR count). The van der Waals surface area contributed by atoms with E-state index in [9.17, 15) is 14.4 Å². The van der Waals surface area contributed by atoms with Crippen LogP contribution < -0.4 is 5.56 Å². The van der Waals surface area contributed by atoms with Gasteiger partial charge in [-0.3, -0.25) is 19.0 Å². The van der Waals surface area contributed by atoms with Gasteiger partial charge in [-0.25, -0.2) is 4.98 Å². The van der Waals surface area contributed by atoms with E-state index in [4.69, 9.17) is 0 Å². The summed E-state index contributed by atoms with van der Waals surface area (Å²) < 4.78 is 1.35. The molecule has 25 heavy (non-hydrogen) atoms. The summed E-state index contributed by atoms with van der Waals surface area (Å²) in [6.07, 6.45) is 3.18. The predicted octanol–water partition coefficient (Wildman–Crippen LogP) is 0.476. The smallest absolute Gasteiger partial charge is 0.261 e. The number of hydrogen-bond donors (Lipinski definition) is 0. The normalized spacial score (nSPS) is 23.2. The molecule has 0 unspecified atom stereocenters. The fourth-order valence-corrected chi connectivity index (χ4v) is 3.82. The lowest BCUT2D eigenvalue weighted by Crippen LogP contribution is -2.45. The Bertz CT molecular complexity index is 907. The van der Waals surface area contributed by atoms with Crippen LogP contribution in [0.3, 0.4) is 0 Å². The number of aromatic nitrogens is 2. The molecule has 0 N–H and O–H groups in total. The number of benzene rings is 1. The molecular formula is C18H20N4O3.